The van der Waals surface area contributed by atoms with Crippen LogP contribution in [0.3, 0.4) is 0 Å². The maximum absolute atomic E-state index is 14.8. The van der Waals surface area contributed by atoms with Crippen molar-refractivity contribution in [2.24, 2.45) is 0 Å². The topological polar surface area (TPSA) is 115 Å². The highest BCUT2D eigenvalue weighted by Crippen LogP contribution is 2.26. The highest BCUT2D eigenvalue weighted by molar-refractivity contribution is 7.80. The van der Waals surface area contributed by atoms with Crippen molar-refractivity contribution in [1.29, 1.82) is 0 Å². The largest absolute Gasteiger partial charge is 0.436 e. The Balaban J connectivity index is 1.10. The van der Waals surface area contributed by atoms with E-state index in [9.17, 15) is 18.4 Å². The second kappa shape index (κ2) is 13.1. The van der Waals surface area contributed by atoms with E-state index in [0.717, 1.165) is 32.2 Å². The van der Waals surface area contributed by atoms with E-state index in [0.29, 0.717) is 24.7 Å². The Kier molecular flexibility index (Phi) is 9.15. The Morgan fingerprint density at radius 2 is 1.74 bits per heavy atom. The zero-order valence-electron chi connectivity index (χ0n) is 22.8. The summed E-state index contributed by atoms with van der Waals surface area (Å²) in [7, 11) is 2.10. The molecule has 14 heteroatoms. The second-order valence-electron chi connectivity index (χ2n) is 10.1. The van der Waals surface area contributed by atoms with Crippen molar-refractivity contribution >= 4 is 40.8 Å². The van der Waals surface area contributed by atoms with Gasteiger partial charge in [0.25, 0.3) is 0 Å². The van der Waals surface area contributed by atoms with E-state index in [1.807, 2.05) is 0 Å². The summed E-state index contributed by atoms with van der Waals surface area (Å²) < 4.78 is 33.4. The van der Waals surface area contributed by atoms with E-state index in [-0.39, 0.29) is 40.7 Å². The molecule has 0 aliphatic carbocycles. The summed E-state index contributed by atoms with van der Waals surface area (Å²) in [6.45, 7) is 4.99. The zero-order chi connectivity index (χ0) is 29.6. The number of halogens is 2. The number of anilines is 2. The fourth-order valence-electron chi connectivity index (χ4n) is 4.73. The highest BCUT2D eigenvalue weighted by atomic mass is 32.1. The third-order valence-corrected chi connectivity index (χ3v) is 7.18. The van der Waals surface area contributed by atoms with Gasteiger partial charge in [0.1, 0.15) is 18.0 Å². The first-order valence-corrected chi connectivity index (χ1v) is 13.8. The molecule has 0 atom stereocenters. The number of aromatic nitrogens is 2. The Bertz CT molecular complexity index is 1450. The number of amides is 3. The molecule has 0 saturated carbocycles. The fraction of sp³-hybridized carbons (Fsp3) is 0.321. The Hall–Kier alpha value is -4.27. The quantitative estimate of drug-likeness (QED) is 0.354. The molecule has 1 aromatic heterocycles. The van der Waals surface area contributed by atoms with Gasteiger partial charge in [-0.25, -0.2) is 23.5 Å². The van der Waals surface area contributed by atoms with Gasteiger partial charge in [-0.2, -0.15) is 0 Å². The predicted molar refractivity (Wildman–Crippen MR) is 156 cm³/mol. The van der Waals surface area contributed by atoms with Crippen LogP contribution in [0.2, 0.25) is 0 Å². The number of nitrogens with one attached hydrogen (secondary N) is 3. The zero-order valence-corrected chi connectivity index (χ0v) is 23.7. The van der Waals surface area contributed by atoms with E-state index in [2.05, 4.69) is 42.8 Å². The molecular weight excluding hydrogens is 566 g/mol. The normalized spacial score (nSPS) is 15.9. The van der Waals surface area contributed by atoms with Crippen LogP contribution in [0.5, 0.6) is 11.6 Å². The van der Waals surface area contributed by atoms with Gasteiger partial charge >= 0.3 is 6.03 Å². The Labute approximate surface area is 246 Å². The smallest absolute Gasteiger partial charge is 0.323 e. The number of hydrogen-bond donors (Lipinski definition) is 3. The summed E-state index contributed by atoms with van der Waals surface area (Å²) >= 11 is 5.14. The van der Waals surface area contributed by atoms with Gasteiger partial charge < -0.3 is 25.2 Å². The average Bonchev–Trinajstić information content (AvgIpc) is 2.94. The number of likely N-dealkylation sites (tertiary alicyclic amines) is 1. The summed E-state index contributed by atoms with van der Waals surface area (Å²) in [6, 6.07) is 11.3. The number of hydrogen-bond acceptors (Lipinski definition) is 8. The van der Waals surface area contributed by atoms with Crippen molar-refractivity contribution in [3.8, 4) is 11.6 Å². The van der Waals surface area contributed by atoms with Crippen molar-refractivity contribution in [3.05, 3.63) is 72.1 Å². The van der Waals surface area contributed by atoms with E-state index in [1.165, 1.54) is 48.8 Å². The monoisotopic (exact) mass is 596 g/mol. The highest BCUT2D eigenvalue weighted by Gasteiger charge is 2.32. The van der Waals surface area contributed by atoms with Crippen LogP contribution in [0.15, 0.2) is 54.9 Å². The number of urea groups is 1. The van der Waals surface area contributed by atoms with Crippen LogP contribution < -0.4 is 20.7 Å². The average molecular weight is 597 g/mol. The van der Waals surface area contributed by atoms with Gasteiger partial charge in [-0.1, -0.05) is 12.1 Å². The number of carbonyl (C=O) groups excluding carboxylic acids is 2. The van der Waals surface area contributed by atoms with Gasteiger partial charge in [0.05, 0.1) is 6.42 Å². The minimum Gasteiger partial charge on any atom is -0.436 e. The van der Waals surface area contributed by atoms with Gasteiger partial charge in [0.2, 0.25) is 11.8 Å². The first-order chi connectivity index (χ1) is 20.2. The predicted octanol–water partition coefficient (Wildman–Crippen LogP) is 3.07. The van der Waals surface area contributed by atoms with Crippen LogP contribution in [0.4, 0.5) is 25.1 Å². The van der Waals surface area contributed by atoms with Crippen molar-refractivity contribution < 1.29 is 23.1 Å². The van der Waals surface area contributed by atoms with Gasteiger partial charge in [-0.05, 0) is 49.1 Å². The minimum absolute atomic E-state index is 0.000322. The molecule has 2 fully saturated rings. The Morgan fingerprint density at radius 1 is 1.00 bits per heavy atom. The third kappa shape index (κ3) is 7.72. The summed E-state index contributed by atoms with van der Waals surface area (Å²) in [5.41, 5.74) is 0.902. The SMILES string of the molecule is CN1CC(N2CCN(C(=O)Nc3cc(Oc4ccc(NC(=S)NC(=O)Cc5ccc(F)cc5)cc4F)ncn3)CC2)C1. The van der Waals surface area contributed by atoms with Crippen LogP contribution in [-0.4, -0.2) is 94.1 Å². The molecule has 0 bridgehead atoms. The molecule has 220 valence electrons. The van der Waals surface area contributed by atoms with Crippen LogP contribution in [0.1, 0.15) is 5.56 Å². The third-order valence-electron chi connectivity index (χ3n) is 6.97. The maximum atomic E-state index is 14.8. The molecule has 3 amide bonds. The maximum Gasteiger partial charge on any atom is 0.323 e. The molecule has 5 rings (SSSR count). The molecule has 3 aromatic rings. The first kappa shape index (κ1) is 29.2. The second-order valence-corrected chi connectivity index (χ2v) is 10.5. The van der Waals surface area contributed by atoms with Gasteiger partial charge in [0, 0.05) is 63.1 Å². The van der Waals surface area contributed by atoms with Crippen LogP contribution in [0, 0.1) is 11.6 Å². The molecule has 0 radical (unpaired) electrons. The molecule has 3 N–H and O–H groups in total. The van der Waals surface area contributed by atoms with Crippen molar-refractivity contribution in [3.63, 3.8) is 0 Å². The lowest BCUT2D eigenvalue weighted by Crippen LogP contribution is -2.62. The molecule has 11 nitrogen and oxygen atoms in total. The molecular formula is C28H30F2N8O3S. The minimum atomic E-state index is -0.708. The molecule has 2 aliphatic rings. The lowest BCUT2D eigenvalue weighted by Gasteiger charge is -2.46. The number of rotatable bonds is 7. The number of likely N-dealkylation sites (N-methyl/N-ethyl adjacent to an activating group) is 1. The van der Waals surface area contributed by atoms with Gasteiger partial charge in [0.15, 0.2) is 16.7 Å². The van der Waals surface area contributed by atoms with Crippen LogP contribution in [0.25, 0.3) is 0 Å². The number of ether oxygens (including phenoxy) is 1. The first-order valence-electron chi connectivity index (χ1n) is 13.3. The van der Waals surface area contributed by atoms with Crippen molar-refractivity contribution in [2.45, 2.75) is 12.5 Å². The number of benzene rings is 2. The molecule has 2 saturated heterocycles. The summed E-state index contributed by atoms with van der Waals surface area (Å²) in [5.74, 6) is -1.35. The summed E-state index contributed by atoms with van der Waals surface area (Å²) in [6.07, 6.45) is 1.22. The standard InChI is InChI=1S/C28H30F2N8O3S/c1-36-15-21(16-36)37-8-10-38(11-9-37)28(40)34-24-14-26(32-17-31-24)41-23-7-6-20(13-22(23)30)33-27(42)35-25(39)12-18-2-4-19(29)5-3-18/h2-7,13-14,17,21H,8-12,15-16H2,1H3,(H,31,32,34,40)(H2,33,35,39,42). The lowest BCUT2D eigenvalue weighted by atomic mass is 10.1. The lowest BCUT2D eigenvalue weighted by molar-refractivity contribution is -0.119. The van der Waals surface area contributed by atoms with E-state index < -0.39 is 17.5 Å². The molecule has 0 unspecified atom stereocenters. The van der Waals surface area contributed by atoms with Crippen LogP contribution >= 0.6 is 12.2 Å². The van der Waals surface area contributed by atoms with E-state index in [4.69, 9.17) is 17.0 Å². The molecule has 2 aliphatic heterocycles. The fourth-order valence-corrected chi connectivity index (χ4v) is 4.97. The van der Waals surface area contributed by atoms with Crippen molar-refractivity contribution in [1.82, 2.24) is 30.0 Å². The van der Waals surface area contributed by atoms with Crippen LogP contribution in [-0.2, 0) is 11.2 Å². The molecule has 3 heterocycles. The number of nitrogens with zero attached hydrogens (tertiary/aromatic N) is 5. The summed E-state index contributed by atoms with van der Waals surface area (Å²) in [4.78, 5) is 39.5. The van der Waals surface area contributed by atoms with E-state index in [1.54, 1.807) is 4.90 Å². The number of thiocarbonyl (C=S) groups is 1. The molecule has 2 aromatic carbocycles. The van der Waals surface area contributed by atoms with Gasteiger partial charge in [-0.15, -0.1) is 0 Å². The van der Waals surface area contributed by atoms with Crippen molar-refractivity contribution in [2.75, 3.05) is 56.9 Å². The Morgan fingerprint density at radius 3 is 2.43 bits per heavy atom. The van der Waals surface area contributed by atoms with Gasteiger partial charge in [-0.3, -0.25) is 15.0 Å². The number of piperazine rings is 1. The molecule has 42 heavy (non-hydrogen) atoms. The summed E-state index contributed by atoms with van der Waals surface area (Å²) in [5, 5.41) is 7.97. The molecule has 0 spiro atoms. The number of carbonyl (C=O) groups is 2. The van der Waals surface area contributed by atoms with E-state index >= 15 is 0 Å².